The molecule has 0 fully saturated rings. The predicted octanol–water partition coefficient (Wildman–Crippen LogP) is 3.94. The van der Waals surface area contributed by atoms with E-state index in [1.54, 1.807) is 10.9 Å². The van der Waals surface area contributed by atoms with Crippen molar-refractivity contribution in [2.24, 2.45) is 7.05 Å². The first-order valence-electron chi connectivity index (χ1n) is 7.82. The maximum Gasteiger partial charge on any atom is 0.337 e. The summed E-state index contributed by atoms with van der Waals surface area (Å²) in [6.07, 6.45) is 1.79. The molecule has 0 spiro atoms. The van der Waals surface area contributed by atoms with Crippen LogP contribution in [0.3, 0.4) is 0 Å². The standard InChI is InChI=1S/C16H17Cl2N7O/c1-8(2)10-6-14(22-15-11(10)7-19-25(15)3)23-24-16(26)20-9-4-12(17)21-13(18)5-9/h4-8H,1-3H3,(H,22,23)(H2,20,21,24,26). The lowest BCUT2D eigenvalue weighted by atomic mass is 10.0. The van der Waals surface area contributed by atoms with Crippen molar-refractivity contribution >= 4 is 51.8 Å². The Labute approximate surface area is 159 Å². The second kappa shape index (κ2) is 7.35. The van der Waals surface area contributed by atoms with E-state index in [-0.39, 0.29) is 16.2 Å². The lowest BCUT2D eigenvalue weighted by Crippen LogP contribution is -2.34. The van der Waals surface area contributed by atoms with Crippen LogP contribution in [0.15, 0.2) is 24.4 Å². The average Bonchev–Trinajstić information content (AvgIpc) is 2.92. The van der Waals surface area contributed by atoms with Crippen molar-refractivity contribution in [2.75, 3.05) is 10.7 Å². The average molecular weight is 394 g/mol. The first kappa shape index (κ1) is 18.2. The molecule has 3 N–H and O–H groups in total. The van der Waals surface area contributed by atoms with Gasteiger partial charge in [0.25, 0.3) is 0 Å². The number of carbonyl (C=O) groups is 1. The van der Waals surface area contributed by atoms with Crippen molar-refractivity contribution < 1.29 is 4.79 Å². The number of anilines is 2. The third-order valence-corrected chi connectivity index (χ3v) is 4.07. The number of hydrogen-bond donors (Lipinski definition) is 3. The Balaban J connectivity index is 1.74. The number of aromatic nitrogens is 4. The molecule has 0 unspecified atom stereocenters. The highest BCUT2D eigenvalue weighted by molar-refractivity contribution is 6.32. The van der Waals surface area contributed by atoms with Crippen molar-refractivity contribution in [3.8, 4) is 0 Å². The van der Waals surface area contributed by atoms with Gasteiger partial charge in [0.2, 0.25) is 0 Å². The third kappa shape index (κ3) is 3.97. The summed E-state index contributed by atoms with van der Waals surface area (Å²) in [5, 5.41) is 8.21. The number of nitrogens with one attached hydrogen (secondary N) is 3. The van der Waals surface area contributed by atoms with Crippen LogP contribution in [-0.2, 0) is 7.05 Å². The quantitative estimate of drug-likeness (QED) is 0.460. The van der Waals surface area contributed by atoms with E-state index in [9.17, 15) is 4.79 Å². The third-order valence-electron chi connectivity index (χ3n) is 3.68. The summed E-state index contributed by atoms with van der Waals surface area (Å²) in [5.41, 5.74) is 7.57. The minimum absolute atomic E-state index is 0.186. The van der Waals surface area contributed by atoms with Gasteiger partial charge < -0.3 is 5.32 Å². The van der Waals surface area contributed by atoms with Crippen LogP contribution in [0.25, 0.3) is 11.0 Å². The summed E-state index contributed by atoms with van der Waals surface area (Å²) in [4.78, 5) is 20.4. The molecule has 0 aliphatic carbocycles. The predicted molar refractivity (Wildman–Crippen MR) is 103 cm³/mol. The normalized spacial score (nSPS) is 11.0. The molecule has 0 aromatic carbocycles. The number of pyridine rings is 2. The number of hydrogen-bond acceptors (Lipinski definition) is 5. The number of hydrazine groups is 1. The van der Waals surface area contributed by atoms with Crippen molar-refractivity contribution in [1.29, 1.82) is 0 Å². The van der Waals surface area contributed by atoms with E-state index in [1.165, 1.54) is 12.1 Å². The van der Waals surface area contributed by atoms with Gasteiger partial charge >= 0.3 is 6.03 Å². The Morgan fingerprint density at radius 3 is 2.50 bits per heavy atom. The molecule has 8 nitrogen and oxygen atoms in total. The summed E-state index contributed by atoms with van der Waals surface area (Å²) >= 11 is 11.6. The van der Waals surface area contributed by atoms with E-state index in [4.69, 9.17) is 23.2 Å². The summed E-state index contributed by atoms with van der Waals surface area (Å²) in [5.74, 6) is 0.783. The summed E-state index contributed by atoms with van der Waals surface area (Å²) < 4.78 is 1.69. The molecule has 3 aromatic heterocycles. The SMILES string of the molecule is CC(C)c1cc(NNC(=O)Nc2cc(Cl)nc(Cl)c2)nc2c1cnn2C. The zero-order valence-electron chi connectivity index (χ0n) is 14.3. The topological polar surface area (TPSA) is 96.8 Å². The van der Waals surface area contributed by atoms with Crippen LogP contribution >= 0.6 is 23.2 Å². The summed E-state index contributed by atoms with van der Waals surface area (Å²) in [6.45, 7) is 4.17. The summed E-state index contributed by atoms with van der Waals surface area (Å²) in [7, 11) is 1.82. The highest BCUT2D eigenvalue weighted by Crippen LogP contribution is 2.26. The smallest absolute Gasteiger partial charge is 0.306 e. The van der Waals surface area contributed by atoms with Crippen LogP contribution in [0.1, 0.15) is 25.3 Å². The molecule has 0 bridgehead atoms. The number of nitrogens with zero attached hydrogens (tertiary/aromatic N) is 4. The molecular formula is C16H17Cl2N7O. The molecule has 10 heteroatoms. The van der Waals surface area contributed by atoms with Crippen LogP contribution in [0, 0.1) is 0 Å². The largest absolute Gasteiger partial charge is 0.337 e. The number of aryl methyl sites for hydroxylation is 1. The minimum atomic E-state index is -0.499. The zero-order chi connectivity index (χ0) is 18.8. The molecule has 0 aliphatic rings. The van der Waals surface area contributed by atoms with Gasteiger partial charge in [-0.05, 0) is 29.7 Å². The molecule has 3 rings (SSSR count). The molecule has 0 atom stereocenters. The lowest BCUT2D eigenvalue weighted by Gasteiger charge is -2.13. The Kier molecular flexibility index (Phi) is 5.15. The number of fused-ring (bicyclic) bond motifs is 1. The van der Waals surface area contributed by atoms with Crippen LogP contribution in [-0.4, -0.2) is 25.8 Å². The van der Waals surface area contributed by atoms with Crippen molar-refractivity contribution in [3.05, 3.63) is 40.3 Å². The van der Waals surface area contributed by atoms with Gasteiger partial charge in [-0.1, -0.05) is 37.0 Å². The second-order valence-electron chi connectivity index (χ2n) is 5.96. The highest BCUT2D eigenvalue weighted by Gasteiger charge is 2.13. The van der Waals surface area contributed by atoms with Crippen molar-refractivity contribution in [2.45, 2.75) is 19.8 Å². The fourth-order valence-electron chi connectivity index (χ4n) is 2.50. The molecule has 0 saturated carbocycles. The molecule has 0 aliphatic heterocycles. The van der Waals surface area contributed by atoms with Crippen molar-refractivity contribution in [3.63, 3.8) is 0 Å². The van der Waals surface area contributed by atoms with E-state index in [2.05, 4.69) is 45.1 Å². The van der Waals surface area contributed by atoms with Crippen LogP contribution < -0.4 is 16.2 Å². The maximum atomic E-state index is 12.1. The number of halogens is 2. The fraction of sp³-hybridized carbons (Fsp3) is 0.250. The van der Waals surface area contributed by atoms with E-state index >= 15 is 0 Å². The fourth-order valence-corrected chi connectivity index (χ4v) is 2.96. The minimum Gasteiger partial charge on any atom is -0.306 e. The number of urea groups is 1. The van der Waals surface area contributed by atoms with E-state index in [0.29, 0.717) is 11.5 Å². The van der Waals surface area contributed by atoms with Gasteiger partial charge in [0.15, 0.2) is 5.65 Å². The van der Waals surface area contributed by atoms with Crippen LogP contribution in [0.2, 0.25) is 10.3 Å². The molecule has 0 saturated heterocycles. The molecular weight excluding hydrogens is 377 g/mol. The molecule has 26 heavy (non-hydrogen) atoms. The highest BCUT2D eigenvalue weighted by atomic mass is 35.5. The lowest BCUT2D eigenvalue weighted by molar-refractivity contribution is 0.254. The molecule has 136 valence electrons. The van der Waals surface area contributed by atoms with Gasteiger partial charge in [-0.25, -0.2) is 14.8 Å². The van der Waals surface area contributed by atoms with Gasteiger partial charge in [0.05, 0.1) is 6.20 Å². The number of carbonyl (C=O) groups excluding carboxylic acids is 1. The van der Waals surface area contributed by atoms with Gasteiger partial charge in [-0.3, -0.25) is 15.5 Å². The van der Waals surface area contributed by atoms with E-state index in [1.807, 2.05) is 13.1 Å². The molecule has 3 heterocycles. The van der Waals surface area contributed by atoms with E-state index < -0.39 is 6.03 Å². The Morgan fingerprint density at radius 2 is 1.85 bits per heavy atom. The second-order valence-corrected chi connectivity index (χ2v) is 6.74. The zero-order valence-corrected chi connectivity index (χ0v) is 15.9. The first-order valence-corrected chi connectivity index (χ1v) is 8.58. The molecule has 0 radical (unpaired) electrons. The Bertz CT molecular complexity index is 950. The van der Waals surface area contributed by atoms with Gasteiger partial charge in [0, 0.05) is 18.1 Å². The van der Waals surface area contributed by atoms with Crippen molar-refractivity contribution in [1.82, 2.24) is 25.2 Å². The van der Waals surface area contributed by atoms with Gasteiger partial charge in [0.1, 0.15) is 16.1 Å². The Morgan fingerprint density at radius 1 is 1.15 bits per heavy atom. The molecule has 3 aromatic rings. The number of rotatable bonds is 4. The van der Waals surface area contributed by atoms with Crippen LogP contribution in [0.4, 0.5) is 16.3 Å². The molecule has 2 amide bonds. The number of amides is 2. The van der Waals surface area contributed by atoms with Gasteiger partial charge in [-0.2, -0.15) is 5.10 Å². The van der Waals surface area contributed by atoms with Crippen LogP contribution in [0.5, 0.6) is 0 Å². The maximum absolute atomic E-state index is 12.1. The van der Waals surface area contributed by atoms with Gasteiger partial charge in [-0.15, -0.1) is 0 Å². The summed E-state index contributed by atoms with van der Waals surface area (Å²) in [6, 6.07) is 4.37. The Hall–Kier alpha value is -2.58. The van der Waals surface area contributed by atoms with E-state index in [0.717, 1.165) is 16.6 Å². The monoisotopic (exact) mass is 393 g/mol. The first-order chi connectivity index (χ1) is 12.3.